The van der Waals surface area contributed by atoms with Crippen molar-refractivity contribution in [2.75, 3.05) is 5.73 Å². The van der Waals surface area contributed by atoms with E-state index in [1.807, 2.05) is 37.3 Å². The minimum absolute atomic E-state index is 0.470. The van der Waals surface area contributed by atoms with E-state index in [1.165, 1.54) is 0 Å². The fourth-order valence-corrected chi connectivity index (χ4v) is 2.19. The largest absolute Gasteiger partial charge is 0.399 e. The molecule has 0 spiro atoms. The zero-order valence-electron chi connectivity index (χ0n) is 10.8. The van der Waals surface area contributed by atoms with Crippen LogP contribution < -0.4 is 5.73 Å². The molecule has 0 aliphatic carbocycles. The lowest BCUT2D eigenvalue weighted by Gasteiger charge is -2.01. The fraction of sp³-hybridized carbons (Fsp3) is 0.0667. The first-order chi connectivity index (χ1) is 9.63. The summed E-state index contributed by atoms with van der Waals surface area (Å²) in [6.07, 6.45) is 0. The number of rotatable bonds is 2. The molecule has 2 aromatic carbocycles. The van der Waals surface area contributed by atoms with E-state index in [4.69, 9.17) is 21.9 Å². The summed E-state index contributed by atoms with van der Waals surface area (Å²) in [7, 11) is 0. The highest BCUT2D eigenvalue weighted by Gasteiger charge is 2.12. The highest BCUT2D eigenvalue weighted by atomic mass is 35.5. The van der Waals surface area contributed by atoms with Crippen molar-refractivity contribution in [2.45, 2.75) is 6.92 Å². The molecule has 0 fully saturated rings. The lowest BCUT2D eigenvalue weighted by Crippen LogP contribution is -1.88. The van der Waals surface area contributed by atoms with Crippen LogP contribution in [0, 0.1) is 6.92 Å². The number of aromatic nitrogens is 2. The molecule has 0 radical (unpaired) electrons. The summed E-state index contributed by atoms with van der Waals surface area (Å²) in [6, 6.07) is 12.9. The molecule has 5 heteroatoms. The Morgan fingerprint density at radius 3 is 2.75 bits per heavy atom. The lowest BCUT2D eigenvalue weighted by molar-refractivity contribution is 0.432. The number of benzene rings is 2. The van der Waals surface area contributed by atoms with Gasteiger partial charge in [-0.25, -0.2) is 0 Å². The number of nitrogens with two attached hydrogens (primary N) is 1. The molecule has 0 saturated heterocycles. The first-order valence-electron chi connectivity index (χ1n) is 6.09. The van der Waals surface area contributed by atoms with Gasteiger partial charge >= 0.3 is 0 Å². The Labute approximate surface area is 121 Å². The van der Waals surface area contributed by atoms with Gasteiger partial charge in [-0.3, -0.25) is 0 Å². The van der Waals surface area contributed by atoms with Crippen molar-refractivity contribution in [2.24, 2.45) is 0 Å². The molecule has 1 aromatic heterocycles. The molecule has 3 rings (SSSR count). The van der Waals surface area contributed by atoms with Gasteiger partial charge in [-0.05, 0) is 42.8 Å². The number of halogens is 1. The smallest absolute Gasteiger partial charge is 0.258 e. The van der Waals surface area contributed by atoms with Crippen LogP contribution in [0.25, 0.3) is 22.8 Å². The Bertz CT molecular complexity index is 767. The van der Waals surface area contributed by atoms with Crippen molar-refractivity contribution >= 4 is 17.3 Å². The number of hydrogen-bond donors (Lipinski definition) is 1. The van der Waals surface area contributed by atoms with Crippen LogP contribution in [0.1, 0.15) is 5.56 Å². The van der Waals surface area contributed by atoms with E-state index in [9.17, 15) is 0 Å². The van der Waals surface area contributed by atoms with E-state index in [1.54, 1.807) is 12.1 Å². The third kappa shape index (κ3) is 2.38. The third-order valence-electron chi connectivity index (χ3n) is 2.99. The topological polar surface area (TPSA) is 64.9 Å². The minimum atomic E-state index is 0.470. The van der Waals surface area contributed by atoms with Crippen LogP contribution in [0.2, 0.25) is 5.02 Å². The third-order valence-corrected chi connectivity index (χ3v) is 3.22. The van der Waals surface area contributed by atoms with E-state index in [0.29, 0.717) is 22.4 Å². The molecule has 0 atom stereocenters. The Kier molecular flexibility index (Phi) is 3.16. The minimum Gasteiger partial charge on any atom is -0.399 e. The molecular formula is C15H12ClN3O. The van der Waals surface area contributed by atoms with Gasteiger partial charge in [0.15, 0.2) is 0 Å². The average Bonchev–Trinajstić information content (AvgIpc) is 2.88. The Balaban J connectivity index is 2.02. The Morgan fingerprint density at radius 2 is 2.00 bits per heavy atom. The van der Waals surface area contributed by atoms with Gasteiger partial charge in [0.05, 0.1) is 0 Å². The Morgan fingerprint density at radius 1 is 1.15 bits per heavy atom. The van der Waals surface area contributed by atoms with Gasteiger partial charge in [0.1, 0.15) is 0 Å². The molecule has 3 aromatic rings. The quantitative estimate of drug-likeness (QED) is 0.724. The molecule has 1 heterocycles. The summed E-state index contributed by atoms with van der Waals surface area (Å²) in [4.78, 5) is 4.41. The number of anilines is 1. The second-order valence-electron chi connectivity index (χ2n) is 4.51. The number of nitrogens with zero attached hydrogens (tertiary/aromatic N) is 2. The van der Waals surface area contributed by atoms with Crippen molar-refractivity contribution in [1.29, 1.82) is 0 Å². The molecule has 100 valence electrons. The van der Waals surface area contributed by atoms with Crippen LogP contribution in [0.15, 0.2) is 47.0 Å². The Hall–Kier alpha value is -2.33. The fourth-order valence-electron chi connectivity index (χ4n) is 2.00. The normalized spacial score (nSPS) is 10.7. The van der Waals surface area contributed by atoms with E-state index in [2.05, 4.69) is 10.1 Å². The highest BCUT2D eigenvalue weighted by molar-refractivity contribution is 6.30. The summed E-state index contributed by atoms with van der Waals surface area (Å²) in [6.45, 7) is 1.95. The highest BCUT2D eigenvalue weighted by Crippen LogP contribution is 2.26. The molecule has 0 amide bonds. The molecule has 0 unspecified atom stereocenters. The van der Waals surface area contributed by atoms with Crippen LogP contribution in [0.3, 0.4) is 0 Å². The van der Waals surface area contributed by atoms with Crippen LogP contribution >= 0.6 is 11.6 Å². The monoisotopic (exact) mass is 285 g/mol. The first kappa shape index (κ1) is 12.7. The predicted molar refractivity (Wildman–Crippen MR) is 79.3 cm³/mol. The van der Waals surface area contributed by atoms with Gasteiger partial charge in [-0.1, -0.05) is 28.9 Å². The summed E-state index contributed by atoms with van der Waals surface area (Å²) >= 11 is 5.96. The molecule has 0 aliphatic rings. The summed E-state index contributed by atoms with van der Waals surface area (Å²) in [5.74, 6) is 0.983. The van der Waals surface area contributed by atoms with Gasteiger partial charge in [-0.2, -0.15) is 4.98 Å². The van der Waals surface area contributed by atoms with E-state index >= 15 is 0 Å². The van der Waals surface area contributed by atoms with Crippen molar-refractivity contribution < 1.29 is 4.52 Å². The van der Waals surface area contributed by atoms with Gasteiger partial charge in [0.25, 0.3) is 5.89 Å². The van der Waals surface area contributed by atoms with E-state index in [-0.39, 0.29) is 0 Å². The predicted octanol–water partition coefficient (Wildman–Crippen LogP) is 3.95. The SMILES string of the molecule is Cc1cc(N)ccc1-c1nc(-c2cccc(Cl)c2)no1. The number of nitrogen functional groups attached to an aromatic ring is 1. The van der Waals surface area contributed by atoms with Crippen molar-refractivity contribution in [3.05, 3.63) is 53.1 Å². The van der Waals surface area contributed by atoms with Crippen LogP contribution in [0.5, 0.6) is 0 Å². The molecule has 4 nitrogen and oxygen atoms in total. The van der Waals surface area contributed by atoms with Crippen molar-refractivity contribution in [1.82, 2.24) is 10.1 Å². The zero-order chi connectivity index (χ0) is 14.1. The average molecular weight is 286 g/mol. The van der Waals surface area contributed by atoms with Crippen LogP contribution in [-0.2, 0) is 0 Å². The van der Waals surface area contributed by atoms with Gasteiger partial charge in [0, 0.05) is 21.8 Å². The summed E-state index contributed by atoms with van der Waals surface area (Å²) < 4.78 is 5.32. The maximum atomic E-state index is 5.96. The maximum absolute atomic E-state index is 5.96. The molecular weight excluding hydrogens is 274 g/mol. The van der Waals surface area contributed by atoms with Crippen molar-refractivity contribution in [3.8, 4) is 22.8 Å². The first-order valence-corrected chi connectivity index (χ1v) is 6.47. The second-order valence-corrected chi connectivity index (χ2v) is 4.94. The summed E-state index contributed by atoms with van der Waals surface area (Å²) in [5, 5.41) is 4.63. The van der Waals surface area contributed by atoms with Crippen LogP contribution in [0.4, 0.5) is 5.69 Å². The molecule has 2 N–H and O–H groups in total. The van der Waals surface area contributed by atoms with Gasteiger partial charge < -0.3 is 10.3 Å². The van der Waals surface area contributed by atoms with Crippen molar-refractivity contribution in [3.63, 3.8) is 0 Å². The molecule has 0 bridgehead atoms. The lowest BCUT2D eigenvalue weighted by atomic mass is 10.1. The maximum Gasteiger partial charge on any atom is 0.258 e. The van der Waals surface area contributed by atoms with E-state index < -0.39 is 0 Å². The zero-order valence-corrected chi connectivity index (χ0v) is 11.6. The van der Waals surface area contributed by atoms with Gasteiger partial charge in [-0.15, -0.1) is 0 Å². The number of aryl methyl sites for hydroxylation is 1. The van der Waals surface area contributed by atoms with Crippen LogP contribution in [-0.4, -0.2) is 10.1 Å². The van der Waals surface area contributed by atoms with Gasteiger partial charge in [0.2, 0.25) is 5.82 Å². The second kappa shape index (κ2) is 4.98. The summed E-state index contributed by atoms with van der Waals surface area (Å²) in [5.41, 5.74) is 9.13. The standard InChI is InChI=1S/C15H12ClN3O/c1-9-7-12(17)5-6-13(9)15-18-14(19-20-15)10-3-2-4-11(16)8-10/h2-8H,17H2,1H3. The molecule has 20 heavy (non-hydrogen) atoms. The molecule has 0 aliphatic heterocycles. The number of hydrogen-bond acceptors (Lipinski definition) is 4. The molecule has 0 saturated carbocycles. The van der Waals surface area contributed by atoms with E-state index in [0.717, 1.165) is 16.7 Å².